The van der Waals surface area contributed by atoms with Gasteiger partial charge in [0.15, 0.2) is 0 Å². The number of piperazine rings is 1. The van der Waals surface area contributed by atoms with Crippen LogP contribution in [0.2, 0.25) is 0 Å². The maximum Gasteiger partial charge on any atom is 0.276 e. The number of carbonyl (C=O) groups is 1. The number of nitrogens with one attached hydrogen (secondary N) is 1. The van der Waals surface area contributed by atoms with Crippen LogP contribution in [0.3, 0.4) is 0 Å². The highest BCUT2D eigenvalue weighted by molar-refractivity contribution is 5.95. The molecule has 1 unspecified atom stereocenters. The molecular weight excluding hydrogens is 375 g/mol. The zero-order valence-electron chi connectivity index (χ0n) is 16.6. The Balaban J connectivity index is 1.54. The monoisotopic (exact) mass is 400 g/mol. The standard InChI is InChI=1S/C21H25FN4O3/c1-15(24-8-10-25(11-9-24)18-6-4-3-5-7-18)14-23-21(27)17-12-19(22)16(2)20(13-17)26(28)29/h3-7,12-13,15H,8-11,14H2,1-2H3,(H,23,27). The SMILES string of the molecule is Cc1c(F)cc(C(=O)NCC(C)N2CCN(c3ccccc3)CC2)cc1[N+](=O)[O-]. The molecule has 0 aromatic heterocycles. The smallest absolute Gasteiger partial charge is 0.276 e. The van der Waals surface area contributed by atoms with E-state index in [2.05, 4.69) is 27.2 Å². The summed E-state index contributed by atoms with van der Waals surface area (Å²) in [6.45, 7) is 7.28. The van der Waals surface area contributed by atoms with E-state index < -0.39 is 16.6 Å². The van der Waals surface area contributed by atoms with Crippen molar-refractivity contribution in [2.45, 2.75) is 19.9 Å². The van der Waals surface area contributed by atoms with E-state index in [1.54, 1.807) is 0 Å². The summed E-state index contributed by atoms with van der Waals surface area (Å²) in [4.78, 5) is 27.4. The molecule has 2 aromatic carbocycles. The van der Waals surface area contributed by atoms with Crippen molar-refractivity contribution in [1.29, 1.82) is 0 Å². The van der Waals surface area contributed by atoms with Crippen LogP contribution < -0.4 is 10.2 Å². The fourth-order valence-corrected chi connectivity index (χ4v) is 3.52. The van der Waals surface area contributed by atoms with Crippen LogP contribution in [0.5, 0.6) is 0 Å². The van der Waals surface area contributed by atoms with Crippen molar-refractivity contribution >= 4 is 17.3 Å². The zero-order chi connectivity index (χ0) is 21.0. The average molecular weight is 400 g/mol. The molecular formula is C21H25FN4O3. The molecule has 1 N–H and O–H groups in total. The lowest BCUT2D eigenvalue weighted by atomic mass is 10.1. The second-order valence-electron chi connectivity index (χ2n) is 7.28. The van der Waals surface area contributed by atoms with Gasteiger partial charge in [-0.05, 0) is 32.0 Å². The molecule has 154 valence electrons. The van der Waals surface area contributed by atoms with Gasteiger partial charge in [0.1, 0.15) is 5.82 Å². The fraction of sp³-hybridized carbons (Fsp3) is 0.381. The van der Waals surface area contributed by atoms with Crippen molar-refractivity contribution in [2.75, 3.05) is 37.6 Å². The Bertz CT molecular complexity index is 883. The number of nitro benzene ring substituents is 1. The van der Waals surface area contributed by atoms with Gasteiger partial charge in [0, 0.05) is 56.1 Å². The van der Waals surface area contributed by atoms with E-state index in [4.69, 9.17) is 0 Å². The molecule has 2 aromatic rings. The number of benzene rings is 2. The van der Waals surface area contributed by atoms with Crippen molar-refractivity contribution in [2.24, 2.45) is 0 Å². The Morgan fingerprint density at radius 3 is 2.48 bits per heavy atom. The minimum atomic E-state index is -0.755. The summed E-state index contributed by atoms with van der Waals surface area (Å²) < 4.78 is 13.9. The molecule has 1 aliphatic rings. The normalized spacial score (nSPS) is 15.8. The third-order valence-electron chi connectivity index (χ3n) is 5.39. The first-order valence-electron chi connectivity index (χ1n) is 9.63. The molecule has 1 fully saturated rings. The van der Waals surface area contributed by atoms with E-state index in [1.807, 2.05) is 25.1 Å². The molecule has 0 bridgehead atoms. The Morgan fingerprint density at radius 1 is 1.21 bits per heavy atom. The maximum atomic E-state index is 13.9. The van der Waals surface area contributed by atoms with E-state index in [0.717, 1.165) is 38.3 Å². The van der Waals surface area contributed by atoms with Gasteiger partial charge in [0.25, 0.3) is 11.6 Å². The second-order valence-corrected chi connectivity index (χ2v) is 7.28. The summed E-state index contributed by atoms with van der Waals surface area (Å²) in [5, 5.41) is 13.8. The molecule has 1 saturated heterocycles. The van der Waals surface area contributed by atoms with Crippen molar-refractivity contribution in [1.82, 2.24) is 10.2 Å². The molecule has 8 heteroatoms. The van der Waals surface area contributed by atoms with Gasteiger partial charge in [-0.15, -0.1) is 0 Å². The van der Waals surface area contributed by atoms with Crippen LogP contribution in [-0.4, -0.2) is 54.5 Å². The number of rotatable bonds is 6. The van der Waals surface area contributed by atoms with Gasteiger partial charge < -0.3 is 10.2 Å². The van der Waals surface area contributed by atoms with E-state index in [0.29, 0.717) is 6.54 Å². The number of halogens is 1. The molecule has 1 heterocycles. The first-order chi connectivity index (χ1) is 13.9. The molecule has 0 saturated carbocycles. The Kier molecular flexibility index (Phi) is 6.43. The lowest BCUT2D eigenvalue weighted by Gasteiger charge is -2.39. The molecule has 1 aliphatic heterocycles. The van der Waals surface area contributed by atoms with E-state index in [-0.39, 0.29) is 22.9 Å². The second kappa shape index (κ2) is 9.00. The van der Waals surface area contributed by atoms with Crippen LogP contribution in [0, 0.1) is 22.9 Å². The number of amides is 1. The van der Waals surface area contributed by atoms with Crippen LogP contribution >= 0.6 is 0 Å². The van der Waals surface area contributed by atoms with E-state index in [1.165, 1.54) is 12.6 Å². The predicted molar refractivity (Wildman–Crippen MR) is 110 cm³/mol. The molecule has 0 aliphatic carbocycles. The van der Waals surface area contributed by atoms with Gasteiger partial charge in [-0.2, -0.15) is 0 Å². The Hall–Kier alpha value is -3.00. The van der Waals surface area contributed by atoms with Crippen molar-refractivity contribution in [3.8, 4) is 0 Å². The minimum absolute atomic E-state index is 0.0408. The van der Waals surface area contributed by atoms with Crippen LogP contribution in [-0.2, 0) is 0 Å². The summed E-state index contributed by atoms with van der Waals surface area (Å²) in [6, 6.07) is 12.5. The number of hydrogen-bond donors (Lipinski definition) is 1. The topological polar surface area (TPSA) is 78.7 Å². The van der Waals surface area contributed by atoms with Crippen LogP contribution in [0.25, 0.3) is 0 Å². The summed E-state index contributed by atoms with van der Waals surface area (Å²) >= 11 is 0. The quantitative estimate of drug-likeness (QED) is 0.596. The molecule has 29 heavy (non-hydrogen) atoms. The number of carbonyl (C=O) groups excluding carboxylic acids is 1. The third kappa shape index (κ3) is 4.89. The summed E-state index contributed by atoms with van der Waals surface area (Å²) in [7, 11) is 0. The first kappa shape index (κ1) is 20.7. The van der Waals surface area contributed by atoms with Gasteiger partial charge >= 0.3 is 0 Å². The number of hydrogen-bond acceptors (Lipinski definition) is 5. The Labute approximate surface area is 169 Å². The van der Waals surface area contributed by atoms with Crippen molar-refractivity contribution in [3.05, 3.63) is 69.5 Å². The van der Waals surface area contributed by atoms with E-state index in [9.17, 15) is 19.3 Å². The molecule has 3 rings (SSSR count). The highest BCUT2D eigenvalue weighted by atomic mass is 19.1. The maximum absolute atomic E-state index is 13.9. The van der Waals surface area contributed by atoms with E-state index >= 15 is 0 Å². The summed E-state index contributed by atoms with van der Waals surface area (Å²) in [5.41, 5.74) is 0.702. The summed E-state index contributed by atoms with van der Waals surface area (Å²) in [6.07, 6.45) is 0. The number of nitro groups is 1. The molecule has 1 amide bonds. The first-order valence-corrected chi connectivity index (χ1v) is 9.63. The fourth-order valence-electron chi connectivity index (χ4n) is 3.52. The summed E-state index contributed by atoms with van der Waals surface area (Å²) in [5.74, 6) is -1.27. The number of para-hydroxylation sites is 1. The molecule has 7 nitrogen and oxygen atoms in total. The largest absolute Gasteiger partial charge is 0.369 e. The van der Waals surface area contributed by atoms with Gasteiger partial charge in [-0.3, -0.25) is 19.8 Å². The van der Waals surface area contributed by atoms with Gasteiger partial charge in [-0.1, -0.05) is 18.2 Å². The molecule has 1 atom stereocenters. The molecule has 0 radical (unpaired) electrons. The third-order valence-corrected chi connectivity index (χ3v) is 5.39. The van der Waals surface area contributed by atoms with Crippen molar-refractivity contribution < 1.29 is 14.1 Å². The van der Waals surface area contributed by atoms with Crippen LogP contribution in [0.15, 0.2) is 42.5 Å². The number of nitrogens with zero attached hydrogens (tertiary/aromatic N) is 3. The number of anilines is 1. The molecule has 0 spiro atoms. The highest BCUT2D eigenvalue weighted by Crippen LogP contribution is 2.23. The van der Waals surface area contributed by atoms with Crippen molar-refractivity contribution in [3.63, 3.8) is 0 Å². The van der Waals surface area contributed by atoms with Crippen LogP contribution in [0.4, 0.5) is 15.8 Å². The lowest BCUT2D eigenvalue weighted by molar-refractivity contribution is -0.385. The minimum Gasteiger partial charge on any atom is -0.369 e. The lowest BCUT2D eigenvalue weighted by Crippen LogP contribution is -2.52. The highest BCUT2D eigenvalue weighted by Gasteiger charge is 2.23. The van der Waals surface area contributed by atoms with Gasteiger partial charge in [0.05, 0.1) is 10.5 Å². The predicted octanol–water partition coefficient (Wildman–Crippen LogP) is 2.98. The average Bonchev–Trinajstić information content (AvgIpc) is 2.74. The Morgan fingerprint density at radius 2 is 1.86 bits per heavy atom. The van der Waals surface area contributed by atoms with Crippen LogP contribution in [0.1, 0.15) is 22.8 Å². The van der Waals surface area contributed by atoms with Gasteiger partial charge in [0.2, 0.25) is 0 Å². The van der Waals surface area contributed by atoms with Gasteiger partial charge in [-0.25, -0.2) is 4.39 Å². The zero-order valence-corrected chi connectivity index (χ0v) is 16.6.